The molecule has 156 valence electrons. The SMILES string of the molecule is CN(C)C(=O)C(C#N)=Cc1ccc(F)c(OCCC(=O)NCCc2ccccc2)c1. The Kier molecular flexibility index (Phi) is 8.57. The van der Waals surface area contributed by atoms with Crippen LogP contribution in [0.1, 0.15) is 17.5 Å². The first-order chi connectivity index (χ1) is 14.4. The highest BCUT2D eigenvalue weighted by Gasteiger charge is 2.12. The number of amides is 2. The Balaban J connectivity index is 1.87. The number of carbonyl (C=O) groups is 2. The standard InChI is InChI=1S/C23H24FN3O3/c1-27(2)23(29)19(16-25)14-18-8-9-20(24)21(15-18)30-13-11-22(28)26-12-10-17-6-4-3-5-7-17/h3-9,14-15H,10-13H2,1-2H3,(H,26,28). The molecule has 0 saturated carbocycles. The van der Waals surface area contributed by atoms with Gasteiger partial charge < -0.3 is 15.0 Å². The van der Waals surface area contributed by atoms with Crippen molar-refractivity contribution in [3.05, 3.63) is 71.0 Å². The highest BCUT2D eigenvalue weighted by atomic mass is 19.1. The zero-order valence-corrected chi connectivity index (χ0v) is 17.0. The Hall–Kier alpha value is -3.66. The van der Waals surface area contributed by atoms with Gasteiger partial charge in [-0.2, -0.15) is 5.26 Å². The lowest BCUT2D eigenvalue weighted by molar-refractivity contribution is -0.124. The summed E-state index contributed by atoms with van der Waals surface area (Å²) in [5.41, 5.74) is 1.51. The van der Waals surface area contributed by atoms with Crippen LogP contribution in [-0.4, -0.2) is 44.0 Å². The van der Waals surface area contributed by atoms with Gasteiger partial charge in [0.1, 0.15) is 11.6 Å². The Bertz CT molecular complexity index is 950. The van der Waals surface area contributed by atoms with Gasteiger partial charge in [-0.3, -0.25) is 9.59 Å². The number of carbonyl (C=O) groups excluding carboxylic acids is 2. The van der Waals surface area contributed by atoms with Crippen molar-refractivity contribution in [2.24, 2.45) is 0 Å². The molecule has 1 N–H and O–H groups in total. The van der Waals surface area contributed by atoms with Crippen molar-refractivity contribution in [2.45, 2.75) is 12.8 Å². The Morgan fingerprint density at radius 1 is 1.20 bits per heavy atom. The summed E-state index contributed by atoms with van der Waals surface area (Å²) in [4.78, 5) is 25.1. The van der Waals surface area contributed by atoms with Crippen LogP contribution in [0.15, 0.2) is 54.1 Å². The van der Waals surface area contributed by atoms with Crippen LogP contribution in [0.3, 0.4) is 0 Å². The van der Waals surface area contributed by atoms with Crippen LogP contribution in [0, 0.1) is 17.1 Å². The van der Waals surface area contributed by atoms with Crippen LogP contribution < -0.4 is 10.1 Å². The summed E-state index contributed by atoms with van der Waals surface area (Å²) < 4.78 is 19.4. The van der Waals surface area contributed by atoms with Gasteiger partial charge in [0.25, 0.3) is 5.91 Å². The molecule has 0 spiro atoms. The molecule has 0 bridgehead atoms. The van der Waals surface area contributed by atoms with E-state index in [0.29, 0.717) is 12.1 Å². The van der Waals surface area contributed by atoms with E-state index in [1.165, 1.54) is 43.3 Å². The molecular formula is C23H24FN3O3. The van der Waals surface area contributed by atoms with Gasteiger partial charge in [-0.05, 0) is 35.8 Å². The van der Waals surface area contributed by atoms with E-state index in [-0.39, 0.29) is 30.3 Å². The fourth-order valence-corrected chi connectivity index (χ4v) is 2.60. The fourth-order valence-electron chi connectivity index (χ4n) is 2.60. The number of halogens is 1. The molecule has 2 amide bonds. The van der Waals surface area contributed by atoms with Crippen molar-refractivity contribution in [3.63, 3.8) is 0 Å². The van der Waals surface area contributed by atoms with Crippen LogP contribution in [0.4, 0.5) is 4.39 Å². The summed E-state index contributed by atoms with van der Waals surface area (Å²) in [6.07, 6.45) is 2.17. The van der Waals surface area contributed by atoms with E-state index in [2.05, 4.69) is 5.32 Å². The average molecular weight is 409 g/mol. The Morgan fingerprint density at radius 2 is 1.93 bits per heavy atom. The molecule has 0 heterocycles. The summed E-state index contributed by atoms with van der Waals surface area (Å²) in [5.74, 6) is -1.27. The number of benzene rings is 2. The molecule has 2 aromatic carbocycles. The molecular weight excluding hydrogens is 385 g/mol. The number of hydrogen-bond donors (Lipinski definition) is 1. The van der Waals surface area contributed by atoms with E-state index >= 15 is 0 Å². The van der Waals surface area contributed by atoms with Gasteiger partial charge >= 0.3 is 0 Å². The van der Waals surface area contributed by atoms with Gasteiger partial charge in [-0.15, -0.1) is 0 Å². The van der Waals surface area contributed by atoms with Crippen molar-refractivity contribution in [3.8, 4) is 11.8 Å². The summed E-state index contributed by atoms with van der Waals surface area (Å²) in [6, 6.07) is 15.7. The number of nitrogens with zero attached hydrogens (tertiary/aromatic N) is 2. The van der Waals surface area contributed by atoms with Crippen LogP contribution in [0.25, 0.3) is 6.08 Å². The molecule has 6 nitrogen and oxygen atoms in total. The molecule has 0 aromatic heterocycles. The van der Waals surface area contributed by atoms with E-state index < -0.39 is 11.7 Å². The quantitative estimate of drug-likeness (QED) is 0.510. The van der Waals surface area contributed by atoms with E-state index in [1.807, 2.05) is 36.4 Å². The monoisotopic (exact) mass is 409 g/mol. The molecule has 0 aliphatic carbocycles. The molecule has 0 saturated heterocycles. The maximum Gasteiger partial charge on any atom is 0.264 e. The fraction of sp³-hybridized carbons (Fsp3) is 0.261. The normalized spacial score (nSPS) is 10.8. The highest BCUT2D eigenvalue weighted by Crippen LogP contribution is 2.21. The maximum absolute atomic E-state index is 14.0. The minimum atomic E-state index is -0.589. The molecule has 0 aliphatic heterocycles. The van der Waals surface area contributed by atoms with Gasteiger partial charge in [0.15, 0.2) is 11.6 Å². The summed E-state index contributed by atoms with van der Waals surface area (Å²) in [5, 5.41) is 12.0. The van der Waals surface area contributed by atoms with Gasteiger partial charge in [-0.25, -0.2) is 4.39 Å². The molecule has 7 heteroatoms. The second kappa shape index (κ2) is 11.4. The third-order valence-corrected chi connectivity index (χ3v) is 4.19. The first kappa shape index (κ1) is 22.6. The molecule has 0 atom stereocenters. The number of rotatable bonds is 9. The summed E-state index contributed by atoms with van der Waals surface area (Å²) >= 11 is 0. The number of nitriles is 1. The summed E-state index contributed by atoms with van der Waals surface area (Å²) in [6.45, 7) is 0.511. The van der Waals surface area contributed by atoms with Crippen LogP contribution in [-0.2, 0) is 16.0 Å². The predicted octanol–water partition coefficient (Wildman–Crippen LogP) is 2.95. The number of hydrogen-bond acceptors (Lipinski definition) is 4. The van der Waals surface area contributed by atoms with Gasteiger partial charge in [0, 0.05) is 20.6 Å². The minimum Gasteiger partial charge on any atom is -0.490 e. The first-order valence-electron chi connectivity index (χ1n) is 9.47. The van der Waals surface area contributed by atoms with E-state index in [1.54, 1.807) is 0 Å². The van der Waals surface area contributed by atoms with E-state index in [9.17, 15) is 14.0 Å². The molecule has 0 fully saturated rings. The smallest absolute Gasteiger partial charge is 0.264 e. The van der Waals surface area contributed by atoms with Crippen molar-refractivity contribution in [1.29, 1.82) is 5.26 Å². The molecule has 0 radical (unpaired) electrons. The third kappa shape index (κ3) is 7.06. The van der Waals surface area contributed by atoms with Crippen molar-refractivity contribution in [1.82, 2.24) is 10.2 Å². The molecule has 0 aliphatic rings. The minimum absolute atomic E-state index is 0.00297. The summed E-state index contributed by atoms with van der Waals surface area (Å²) in [7, 11) is 3.08. The molecule has 30 heavy (non-hydrogen) atoms. The topological polar surface area (TPSA) is 82.4 Å². The van der Waals surface area contributed by atoms with Crippen LogP contribution in [0.5, 0.6) is 5.75 Å². The van der Waals surface area contributed by atoms with Crippen molar-refractivity contribution in [2.75, 3.05) is 27.2 Å². The second-order valence-electron chi connectivity index (χ2n) is 6.74. The lowest BCUT2D eigenvalue weighted by atomic mass is 10.1. The third-order valence-electron chi connectivity index (χ3n) is 4.19. The lowest BCUT2D eigenvalue weighted by Gasteiger charge is -2.10. The van der Waals surface area contributed by atoms with Gasteiger partial charge in [0.05, 0.1) is 13.0 Å². The zero-order chi connectivity index (χ0) is 21.9. The molecule has 2 rings (SSSR count). The van der Waals surface area contributed by atoms with Gasteiger partial charge in [-0.1, -0.05) is 36.4 Å². The first-order valence-corrected chi connectivity index (χ1v) is 9.47. The lowest BCUT2D eigenvalue weighted by Crippen LogP contribution is -2.27. The van der Waals surface area contributed by atoms with Gasteiger partial charge in [0.2, 0.25) is 5.91 Å². The maximum atomic E-state index is 14.0. The Morgan fingerprint density at radius 3 is 2.60 bits per heavy atom. The Labute approximate surface area is 175 Å². The number of ether oxygens (including phenoxy) is 1. The van der Waals surface area contributed by atoms with Crippen molar-refractivity contribution < 1.29 is 18.7 Å². The van der Waals surface area contributed by atoms with E-state index in [4.69, 9.17) is 10.00 Å². The average Bonchev–Trinajstić information content (AvgIpc) is 2.74. The van der Waals surface area contributed by atoms with E-state index in [0.717, 1.165) is 12.0 Å². The largest absolute Gasteiger partial charge is 0.490 e. The van der Waals surface area contributed by atoms with Crippen molar-refractivity contribution >= 4 is 17.9 Å². The molecule has 2 aromatic rings. The number of likely N-dealkylation sites (N-methyl/N-ethyl adjacent to an activating group) is 1. The van der Waals surface area contributed by atoms with Crippen LogP contribution >= 0.6 is 0 Å². The predicted molar refractivity (Wildman–Crippen MR) is 112 cm³/mol. The number of nitrogens with one attached hydrogen (secondary N) is 1. The highest BCUT2D eigenvalue weighted by molar-refractivity contribution is 6.01. The van der Waals surface area contributed by atoms with Crippen LogP contribution in [0.2, 0.25) is 0 Å². The zero-order valence-electron chi connectivity index (χ0n) is 17.0. The molecule has 0 unspecified atom stereocenters. The second-order valence-corrected chi connectivity index (χ2v) is 6.74.